The van der Waals surface area contributed by atoms with Crippen LogP contribution in [0.2, 0.25) is 0 Å². The SMILES string of the molecule is CCCN1CCC(CNC(=O)N2CCC(C)C(O)C2)CC1. The Morgan fingerprint density at radius 1 is 1.24 bits per heavy atom. The van der Waals surface area contributed by atoms with Gasteiger partial charge in [0.2, 0.25) is 0 Å². The van der Waals surface area contributed by atoms with Crippen molar-refractivity contribution in [3.8, 4) is 0 Å². The number of β-amino-alcohol motifs (C(OH)–C–C–N with tert-alkyl or cyclic N) is 1. The van der Waals surface area contributed by atoms with Crippen molar-refractivity contribution in [2.75, 3.05) is 39.3 Å². The van der Waals surface area contributed by atoms with Crippen molar-refractivity contribution in [2.45, 2.75) is 45.6 Å². The van der Waals surface area contributed by atoms with Crippen LogP contribution < -0.4 is 5.32 Å². The second-order valence-corrected chi connectivity index (χ2v) is 6.75. The topological polar surface area (TPSA) is 55.8 Å². The maximum absolute atomic E-state index is 12.2. The van der Waals surface area contributed by atoms with Crippen LogP contribution in [0.4, 0.5) is 4.79 Å². The number of likely N-dealkylation sites (tertiary alicyclic amines) is 2. The van der Waals surface area contributed by atoms with Crippen LogP contribution in [0.15, 0.2) is 0 Å². The van der Waals surface area contributed by atoms with Crippen molar-refractivity contribution in [3.63, 3.8) is 0 Å². The number of carbonyl (C=O) groups excluding carboxylic acids is 1. The van der Waals surface area contributed by atoms with Gasteiger partial charge in [-0.2, -0.15) is 0 Å². The molecule has 0 aliphatic carbocycles. The van der Waals surface area contributed by atoms with Gasteiger partial charge in [0, 0.05) is 19.6 Å². The van der Waals surface area contributed by atoms with Gasteiger partial charge >= 0.3 is 6.03 Å². The summed E-state index contributed by atoms with van der Waals surface area (Å²) in [4.78, 5) is 16.4. The van der Waals surface area contributed by atoms with Crippen LogP contribution in [0.25, 0.3) is 0 Å². The maximum atomic E-state index is 12.2. The van der Waals surface area contributed by atoms with Gasteiger partial charge in [-0.05, 0) is 57.2 Å². The van der Waals surface area contributed by atoms with Crippen LogP contribution in [0.1, 0.15) is 39.5 Å². The largest absolute Gasteiger partial charge is 0.391 e. The summed E-state index contributed by atoms with van der Waals surface area (Å²) in [5.74, 6) is 0.910. The van der Waals surface area contributed by atoms with Gasteiger partial charge in [-0.1, -0.05) is 13.8 Å². The third-order valence-corrected chi connectivity index (χ3v) is 4.99. The molecule has 2 rings (SSSR count). The second kappa shape index (κ2) is 7.99. The second-order valence-electron chi connectivity index (χ2n) is 6.75. The summed E-state index contributed by atoms with van der Waals surface area (Å²) in [6.07, 6.45) is 4.10. The van der Waals surface area contributed by atoms with Gasteiger partial charge in [0.1, 0.15) is 0 Å². The van der Waals surface area contributed by atoms with Gasteiger partial charge in [0.05, 0.1) is 6.10 Å². The number of amides is 2. The molecule has 2 atom stereocenters. The molecule has 2 aliphatic heterocycles. The van der Waals surface area contributed by atoms with E-state index >= 15 is 0 Å². The van der Waals surface area contributed by atoms with Crippen LogP contribution in [0.3, 0.4) is 0 Å². The molecule has 0 bridgehead atoms. The first-order valence-corrected chi connectivity index (χ1v) is 8.53. The lowest BCUT2D eigenvalue weighted by Crippen LogP contribution is -2.50. The van der Waals surface area contributed by atoms with Gasteiger partial charge < -0.3 is 20.2 Å². The molecule has 0 saturated carbocycles. The molecule has 2 fully saturated rings. The summed E-state index contributed by atoms with van der Waals surface area (Å²) < 4.78 is 0. The molecular formula is C16H31N3O2. The Bertz CT molecular complexity index is 329. The highest BCUT2D eigenvalue weighted by Gasteiger charge is 2.27. The van der Waals surface area contributed by atoms with Crippen molar-refractivity contribution < 1.29 is 9.90 Å². The van der Waals surface area contributed by atoms with E-state index in [-0.39, 0.29) is 12.1 Å². The smallest absolute Gasteiger partial charge is 0.317 e. The lowest BCUT2D eigenvalue weighted by atomic mass is 9.96. The molecule has 2 N–H and O–H groups in total. The van der Waals surface area contributed by atoms with Crippen LogP contribution in [-0.4, -0.2) is 66.3 Å². The fourth-order valence-electron chi connectivity index (χ4n) is 3.31. The minimum atomic E-state index is -0.373. The van der Waals surface area contributed by atoms with Crippen molar-refractivity contribution >= 4 is 6.03 Å². The Labute approximate surface area is 128 Å². The van der Waals surface area contributed by atoms with E-state index < -0.39 is 0 Å². The summed E-state index contributed by atoms with van der Waals surface area (Å²) in [6.45, 7) is 9.80. The summed E-state index contributed by atoms with van der Waals surface area (Å²) in [5, 5.41) is 12.9. The Balaban J connectivity index is 1.65. The van der Waals surface area contributed by atoms with E-state index in [4.69, 9.17) is 0 Å². The predicted molar refractivity (Wildman–Crippen MR) is 84.2 cm³/mol. The molecule has 0 aromatic heterocycles. The molecular weight excluding hydrogens is 266 g/mol. The minimum Gasteiger partial charge on any atom is -0.391 e. The molecule has 5 nitrogen and oxygen atoms in total. The van der Waals surface area contributed by atoms with Gasteiger partial charge in [0.25, 0.3) is 0 Å². The summed E-state index contributed by atoms with van der Waals surface area (Å²) in [7, 11) is 0. The first-order valence-electron chi connectivity index (χ1n) is 8.53. The van der Waals surface area contributed by atoms with Crippen LogP contribution >= 0.6 is 0 Å². The monoisotopic (exact) mass is 297 g/mol. The first-order chi connectivity index (χ1) is 10.1. The number of aliphatic hydroxyl groups is 1. The Morgan fingerprint density at radius 3 is 2.57 bits per heavy atom. The average molecular weight is 297 g/mol. The molecule has 5 heteroatoms. The molecule has 0 aromatic rings. The van der Waals surface area contributed by atoms with Crippen molar-refractivity contribution in [1.29, 1.82) is 0 Å². The highest BCUT2D eigenvalue weighted by atomic mass is 16.3. The lowest BCUT2D eigenvalue weighted by molar-refractivity contribution is 0.0432. The van der Waals surface area contributed by atoms with Crippen LogP contribution in [0, 0.1) is 11.8 Å². The zero-order valence-electron chi connectivity index (χ0n) is 13.6. The average Bonchev–Trinajstić information content (AvgIpc) is 2.49. The number of nitrogens with zero attached hydrogens (tertiary/aromatic N) is 2. The number of aliphatic hydroxyl groups excluding tert-OH is 1. The molecule has 0 spiro atoms. The van der Waals surface area contributed by atoms with E-state index in [0.717, 1.165) is 32.6 Å². The van der Waals surface area contributed by atoms with Gasteiger partial charge in [-0.3, -0.25) is 0 Å². The molecule has 2 unspecified atom stereocenters. The normalized spacial score (nSPS) is 28.6. The van der Waals surface area contributed by atoms with Crippen molar-refractivity contribution in [3.05, 3.63) is 0 Å². The number of piperidine rings is 2. The van der Waals surface area contributed by atoms with Crippen LogP contribution in [0.5, 0.6) is 0 Å². The zero-order chi connectivity index (χ0) is 15.2. The number of rotatable bonds is 4. The molecule has 122 valence electrons. The van der Waals surface area contributed by atoms with E-state index in [1.807, 2.05) is 6.92 Å². The fraction of sp³-hybridized carbons (Fsp3) is 0.938. The first kappa shape index (κ1) is 16.6. The molecule has 2 heterocycles. The molecule has 0 radical (unpaired) electrons. The molecule has 2 aliphatic rings. The highest BCUT2D eigenvalue weighted by Crippen LogP contribution is 2.18. The van der Waals surface area contributed by atoms with Crippen LogP contribution in [-0.2, 0) is 0 Å². The van der Waals surface area contributed by atoms with Gasteiger partial charge in [-0.15, -0.1) is 0 Å². The van der Waals surface area contributed by atoms with E-state index in [1.54, 1.807) is 4.90 Å². The predicted octanol–water partition coefficient (Wildman–Crippen LogP) is 1.52. The standard InChI is InChI=1S/C16H31N3O2/c1-3-7-18-8-5-14(6-9-18)11-17-16(21)19-10-4-13(2)15(20)12-19/h13-15,20H,3-12H2,1-2H3,(H,17,21). The molecule has 21 heavy (non-hydrogen) atoms. The third-order valence-electron chi connectivity index (χ3n) is 4.99. The number of carbonyl (C=O) groups is 1. The number of hydrogen-bond acceptors (Lipinski definition) is 3. The summed E-state index contributed by atoms with van der Waals surface area (Å²) in [6, 6.07) is -0.00284. The quantitative estimate of drug-likeness (QED) is 0.827. The fourth-order valence-corrected chi connectivity index (χ4v) is 3.31. The summed E-state index contributed by atoms with van der Waals surface area (Å²) >= 11 is 0. The van der Waals surface area contributed by atoms with Gasteiger partial charge in [-0.25, -0.2) is 4.79 Å². The molecule has 2 saturated heterocycles. The number of nitrogens with one attached hydrogen (secondary N) is 1. The summed E-state index contributed by atoms with van der Waals surface area (Å²) in [5.41, 5.74) is 0. The maximum Gasteiger partial charge on any atom is 0.317 e. The van der Waals surface area contributed by atoms with Gasteiger partial charge in [0.15, 0.2) is 0 Å². The molecule has 0 aromatic carbocycles. The lowest BCUT2D eigenvalue weighted by Gasteiger charge is -2.35. The molecule has 2 amide bonds. The number of hydrogen-bond donors (Lipinski definition) is 2. The Morgan fingerprint density at radius 2 is 1.95 bits per heavy atom. The van der Waals surface area contributed by atoms with Crippen molar-refractivity contribution in [1.82, 2.24) is 15.1 Å². The van der Waals surface area contributed by atoms with Crippen molar-refractivity contribution in [2.24, 2.45) is 11.8 Å². The minimum absolute atomic E-state index is 0.00284. The Hall–Kier alpha value is -0.810. The Kier molecular flexibility index (Phi) is 6.30. The number of urea groups is 1. The van der Waals surface area contributed by atoms with E-state index in [1.165, 1.54) is 25.8 Å². The third kappa shape index (κ3) is 4.85. The van der Waals surface area contributed by atoms with E-state index in [9.17, 15) is 9.90 Å². The van der Waals surface area contributed by atoms with E-state index in [0.29, 0.717) is 18.4 Å². The van der Waals surface area contributed by atoms with E-state index in [2.05, 4.69) is 17.1 Å². The highest BCUT2D eigenvalue weighted by molar-refractivity contribution is 5.74. The zero-order valence-corrected chi connectivity index (χ0v) is 13.6.